The van der Waals surface area contributed by atoms with Crippen LogP contribution in [0.3, 0.4) is 0 Å². The zero-order valence-corrected chi connectivity index (χ0v) is 13.0. The fourth-order valence-corrected chi connectivity index (χ4v) is 0. The summed E-state index contributed by atoms with van der Waals surface area (Å²) >= 11 is 0. The molecule has 0 unspecified atom stereocenters. The molecule has 0 aromatic carbocycles. The number of hydrogen-bond donors (Lipinski definition) is 0. The summed E-state index contributed by atoms with van der Waals surface area (Å²) in [5, 5.41) is 0. The predicted molar refractivity (Wildman–Crippen MR) is 54.8 cm³/mol. The van der Waals surface area contributed by atoms with Gasteiger partial charge in [-0.15, -0.1) is 0 Å². The van der Waals surface area contributed by atoms with Crippen LogP contribution in [0.2, 0.25) is 39.3 Å². The Morgan fingerprint density at radius 1 is 0.600 bits per heavy atom. The van der Waals surface area contributed by atoms with Crippen LogP contribution >= 0.6 is 0 Å². The minimum atomic E-state index is -0.139. The van der Waals surface area contributed by atoms with Gasteiger partial charge in [0.05, 0.1) is 0 Å². The molecule has 0 spiro atoms. The zero-order chi connectivity index (χ0) is 7.15. The molecule has 0 fully saturated rings. The van der Waals surface area contributed by atoms with Crippen molar-refractivity contribution in [1.29, 1.82) is 0 Å². The van der Waals surface area contributed by atoms with E-state index in [9.17, 15) is 0 Å². The fourth-order valence-electron chi connectivity index (χ4n) is 0. The minimum Gasteiger partial charge on any atom is -0.693 e. The van der Waals surface area contributed by atoms with Crippen molar-refractivity contribution in [2.45, 2.75) is 39.3 Å². The first-order valence-electron chi connectivity index (χ1n) is 3.46. The fraction of sp³-hybridized carbons (Fsp3) is 1.00. The summed E-state index contributed by atoms with van der Waals surface area (Å²) in [5.74, 6) is 0. The van der Waals surface area contributed by atoms with E-state index in [0.717, 1.165) is 0 Å². The van der Waals surface area contributed by atoms with Gasteiger partial charge < -0.3 is 6.15 Å². The van der Waals surface area contributed by atoms with Gasteiger partial charge in [-0.25, -0.2) is 0 Å². The minimum absolute atomic E-state index is 0. The van der Waals surface area contributed by atoms with E-state index in [1.807, 2.05) is 0 Å². The molecule has 1 nitrogen and oxygen atoms in total. The van der Waals surface area contributed by atoms with Crippen molar-refractivity contribution in [3.8, 4) is 0 Å². The first-order valence-corrected chi connectivity index (χ1v) is 10.4. The van der Waals surface area contributed by atoms with E-state index < -0.39 is 0 Å². The van der Waals surface area contributed by atoms with Crippen molar-refractivity contribution in [2.24, 2.45) is 0 Å². The Bertz CT molecular complexity index is 31.2. The van der Waals surface area contributed by atoms with Crippen LogP contribution in [0.25, 0.3) is 6.15 Å². The van der Waals surface area contributed by atoms with Crippen LogP contribution in [-0.4, -0.2) is 17.6 Å². The molecule has 0 aromatic rings. The van der Waals surface area contributed by atoms with Gasteiger partial charge in [0.1, 0.15) is 0 Å². The van der Waals surface area contributed by atoms with E-state index in [0.29, 0.717) is 0 Å². The Kier molecular flexibility index (Phi) is 37.8. The summed E-state index contributed by atoms with van der Waals surface area (Å²) in [6.07, 6.45) is 0. The molecule has 0 aliphatic carbocycles. The molecule has 60 valence electrons. The van der Waals surface area contributed by atoms with Crippen LogP contribution in [0.15, 0.2) is 0 Å². The maximum Gasteiger partial charge on any atom is 1.00 e. The third-order valence-corrected chi connectivity index (χ3v) is 0. The summed E-state index contributed by atoms with van der Waals surface area (Å²) in [6.45, 7) is 13.8. The largest absolute Gasteiger partial charge is 1.00 e. The predicted octanol–water partition coefficient (Wildman–Crippen LogP) is -0.0731. The maximum atomic E-state index is 2.31. The van der Waals surface area contributed by atoms with Crippen molar-refractivity contribution in [1.82, 2.24) is 0 Å². The standard InChI is InChI=1S/2C3H10Si.H2N.Na/c2*1-4(2)3;;/h2*4H,1-3H3;1H2;/q;;-1;+1. The SMILES string of the molecule is C[SiH](C)C.C[SiH](C)C.[NH2-].[Na+]. The maximum absolute atomic E-state index is 2.31. The Balaban J connectivity index is -0.0000000300. The number of rotatable bonds is 0. The van der Waals surface area contributed by atoms with Gasteiger partial charge in [-0.3, -0.25) is 0 Å². The van der Waals surface area contributed by atoms with Crippen molar-refractivity contribution in [2.75, 3.05) is 0 Å². The second-order valence-corrected chi connectivity index (χ2v) is 10.4. The first kappa shape index (κ1) is 22.5. The van der Waals surface area contributed by atoms with E-state index >= 15 is 0 Å². The van der Waals surface area contributed by atoms with Gasteiger partial charge in [-0.1, -0.05) is 39.3 Å². The smallest absolute Gasteiger partial charge is 0.693 e. The van der Waals surface area contributed by atoms with Crippen LogP contribution in [0.5, 0.6) is 0 Å². The average Bonchev–Trinajstić information content (AvgIpc) is 1.25. The Morgan fingerprint density at radius 3 is 0.600 bits per heavy atom. The normalized spacial score (nSPS) is 7.20. The molecule has 0 bridgehead atoms. The van der Waals surface area contributed by atoms with Crippen molar-refractivity contribution >= 4 is 17.6 Å². The molecule has 0 rings (SSSR count). The summed E-state index contributed by atoms with van der Waals surface area (Å²) in [6, 6.07) is 0. The molecule has 2 N–H and O–H groups in total. The number of nitrogens with two attached hydrogens (primary N) is 1. The Labute approximate surface area is 92.1 Å². The van der Waals surface area contributed by atoms with Gasteiger partial charge in [0.15, 0.2) is 0 Å². The summed E-state index contributed by atoms with van der Waals surface area (Å²) in [4.78, 5) is 0. The third kappa shape index (κ3) is 341. The van der Waals surface area contributed by atoms with Crippen LogP contribution in [0, 0.1) is 0 Å². The van der Waals surface area contributed by atoms with Crippen molar-refractivity contribution in [3.63, 3.8) is 0 Å². The molecule has 0 aliphatic rings. The molecule has 0 saturated carbocycles. The first-order chi connectivity index (χ1) is 3.46. The van der Waals surface area contributed by atoms with Crippen LogP contribution in [0.4, 0.5) is 0 Å². The number of hydrogen-bond acceptors (Lipinski definition) is 0. The second kappa shape index (κ2) is 16.8. The Hall–Kier alpha value is 1.39. The Morgan fingerprint density at radius 2 is 0.600 bits per heavy atom. The molecule has 0 aliphatic heterocycles. The molecule has 0 saturated heterocycles. The molecule has 0 aromatic heterocycles. The topological polar surface area (TPSA) is 33.5 Å². The quantitative estimate of drug-likeness (QED) is 0.476. The van der Waals surface area contributed by atoms with E-state index in [1.54, 1.807) is 0 Å². The zero-order valence-electron chi connectivity index (χ0n) is 8.73. The molecule has 10 heavy (non-hydrogen) atoms. The summed E-state index contributed by atoms with van der Waals surface area (Å²) in [5.41, 5.74) is 0. The van der Waals surface area contributed by atoms with Crippen LogP contribution < -0.4 is 29.6 Å². The molecule has 0 radical (unpaired) electrons. The van der Waals surface area contributed by atoms with E-state index in [2.05, 4.69) is 39.3 Å². The van der Waals surface area contributed by atoms with Gasteiger partial charge >= 0.3 is 29.6 Å². The molecule has 0 atom stereocenters. The summed E-state index contributed by atoms with van der Waals surface area (Å²) in [7, 11) is -0.278. The van der Waals surface area contributed by atoms with Gasteiger partial charge in [0.25, 0.3) is 0 Å². The van der Waals surface area contributed by atoms with Gasteiger partial charge in [0, 0.05) is 17.6 Å². The van der Waals surface area contributed by atoms with E-state index in [1.165, 1.54) is 0 Å². The van der Waals surface area contributed by atoms with Gasteiger partial charge in [0.2, 0.25) is 0 Å². The van der Waals surface area contributed by atoms with Crippen LogP contribution in [0.1, 0.15) is 0 Å². The molecule has 0 amide bonds. The third-order valence-electron chi connectivity index (χ3n) is 0. The summed E-state index contributed by atoms with van der Waals surface area (Å²) < 4.78 is 0. The van der Waals surface area contributed by atoms with Crippen LogP contribution in [-0.2, 0) is 0 Å². The molecular formula is C6H22NNaSi2. The van der Waals surface area contributed by atoms with Crippen molar-refractivity contribution in [3.05, 3.63) is 6.15 Å². The van der Waals surface area contributed by atoms with E-state index in [4.69, 9.17) is 0 Å². The molecule has 0 heterocycles. The molecule has 4 heteroatoms. The van der Waals surface area contributed by atoms with Gasteiger partial charge in [-0.2, -0.15) is 0 Å². The van der Waals surface area contributed by atoms with E-state index in [-0.39, 0.29) is 53.3 Å². The van der Waals surface area contributed by atoms with Crippen molar-refractivity contribution < 1.29 is 29.6 Å². The molecular weight excluding hydrogens is 165 g/mol. The monoisotopic (exact) mass is 187 g/mol. The van der Waals surface area contributed by atoms with Gasteiger partial charge in [-0.05, 0) is 0 Å². The average molecular weight is 187 g/mol. The second-order valence-electron chi connectivity index (χ2n) is 3.46.